The van der Waals surface area contributed by atoms with E-state index in [2.05, 4.69) is 46.7 Å². The zero-order chi connectivity index (χ0) is 25.4. The molecule has 1 heterocycles. The van der Waals surface area contributed by atoms with Gasteiger partial charge in [-0.1, -0.05) is 48.9 Å². The quantitative estimate of drug-likeness (QED) is 0.220. The molecule has 0 saturated carbocycles. The van der Waals surface area contributed by atoms with Crippen LogP contribution >= 0.6 is 22.9 Å². The maximum Gasteiger partial charge on any atom is 0.247 e. The number of amides is 1. The zero-order valence-corrected chi connectivity index (χ0v) is 21.6. The molecule has 3 aromatic rings. The summed E-state index contributed by atoms with van der Waals surface area (Å²) in [7, 11) is 1.52. The fourth-order valence-corrected chi connectivity index (χ4v) is 4.07. The van der Waals surface area contributed by atoms with Gasteiger partial charge in [0, 0.05) is 0 Å². The van der Waals surface area contributed by atoms with Crippen LogP contribution in [0.3, 0.4) is 0 Å². The van der Waals surface area contributed by atoms with Crippen molar-refractivity contribution in [2.75, 3.05) is 26.1 Å². The van der Waals surface area contributed by atoms with E-state index in [0.29, 0.717) is 44.7 Å². The third kappa shape index (κ3) is 7.56. The van der Waals surface area contributed by atoms with Gasteiger partial charge in [-0.3, -0.25) is 4.79 Å². The molecule has 186 valence electrons. The topological polar surface area (TPSA) is 121 Å². The molecule has 2 aromatic carbocycles. The van der Waals surface area contributed by atoms with Crippen LogP contribution in [0, 0.1) is 6.92 Å². The Morgan fingerprint density at radius 3 is 2.66 bits per heavy atom. The van der Waals surface area contributed by atoms with E-state index in [1.165, 1.54) is 13.3 Å². The number of halogens is 1. The second kappa shape index (κ2) is 12.4. The SMILES string of the molecule is COc1cc(/C=N\NC(=O)Cc2nnc(N)s2)cc(Cl)c1OCCOc1cc(C)ccc1C(C)C. The zero-order valence-electron chi connectivity index (χ0n) is 20.0. The van der Waals surface area contributed by atoms with Crippen LogP contribution in [0.15, 0.2) is 35.4 Å². The Morgan fingerprint density at radius 1 is 1.20 bits per heavy atom. The molecule has 0 bridgehead atoms. The van der Waals surface area contributed by atoms with Gasteiger partial charge in [-0.25, -0.2) is 5.43 Å². The number of aromatic nitrogens is 2. The number of anilines is 1. The maximum absolute atomic E-state index is 12.0. The third-order valence-electron chi connectivity index (χ3n) is 4.83. The van der Waals surface area contributed by atoms with Crippen LogP contribution in [0.25, 0.3) is 0 Å². The van der Waals surface area contributed by atoms with E-state index in [9.17, 15) is 4.79 Å². The molecule has 0 atom stereocenters. The summed E-state index contributed by atoms with van der Waals surface area (Å²) < 4.78 is 17.3. The lowest BCUT2D eigenvalue weighted by molar-refractivity contribution is -0.120. The summed E-state index contributed by atoms with van der Waals surface area (Å²) in [5.41, 5.74) is 10.8. The van der Waals surface area contributed by atoms with Crippen LogP contribution in [0.4, 0.5) is 5.13 Å². The molecule has 1 aromatic heterocycles. The molecule has 0 aliphatic rings. The molecule has 1 amide bonds. The first kappa shape index (κ1) is 26.2. The van der Waals surface area contributed by atoms with Crippen LogP contribution < -0.4 is 25.4 Å². The van der Waals surface area contributed by atoms with Crippen molar-refractivity contribution in [1.82, 2.24) is 15.6 Å². The van der Waals surface area contributed by atoms with E-state index < -0.39 is 0 Å². The van der Waals surface area contributed by atoms with Gasteiger partial charge in [-0.05, 0) is 47.7 Å². The number of nitrogens with two attached hydrogens (primary N) is 1. The van der Waals surface area contributed by atoms with Gasteiger partial charge in [0.2, 0.25) is 11.0 Å². The molecule has 0 radical (unpaired) electrons. The standard InChI is InChI=1S/C24H28ClN5O4S/c1-14(2)17-6-5-15(3)9-19(17)33-7-8-34-23-18(25)10-16(11-20(23)32-4)13-27-28-21(31)12-22-29-30-24(26)35-22/h5-6,9-11,13-14H,7-8,12H2,1-4H3,(H2,26,30)(H,28,31)/b27-13-. The monoisotopic (exact) mass is 517 g/mol. The molecule has 0 saturated heterocycles. The maximum atomic E-state index is 12.0. The molecule has 9 nitrogen and oxygen atoms in total. The molecular formula is C24H28ClN5O4S. The lowest BCUT2D eigenvalue weighted by atomic mass is 10.0. The van der Waals surface area contributed by atoms with E-state index >= 15 is 0 Å². The smallest absolute Gasteiger partial charge is 0.247 e. The Kier molecular flexibility index (Phi) is 9.27. The Balaban J connectivity index is 1.57. The van der Waals surface area contributed by atoms with Crippen molar-refractivity contribution in [3.63, 3.8) is 0 Å². The Labute approximate surface area is 213 Å². The molecule has 0 spiro atoms. The van der Waals surface area contributed by atoms with Gasteiger partial charge >= 0.3 is 0 Å². The minimum Gasteiger partial charge on any atom is -0.493 e. The van der Waals surface area contributed by atoms with Crippen molar-refractivity contribution in [2.45, 2.75) is 33.1 Å². The Hall–Kier alpha value is -3.37. The number of ether oxygens (including phenoxy) is 3. The summed E-state index contributed by atoms with van der Waals surface area (Å²) in [6.07, 6.45) is 1.49. The van der Waals surface area contributed by atoms with Crippen LogP contribution in [0.1, 0.15) is 41.5 Å². The van der Waals surface area contributed by atoms with Gasteiger partial charge < -0.3 is 19.9 Å². The fraction of sp³-hybridized carbons (Fsp3) is 0.333. The number of nitrogens with one attached hydrogen (secondary N) is 1. The lowest BCUT2D eigenvalue weighted by Crippen LogP contribution is -2.19. The number of hydrogen-bond acceptors (Lipinski definition) is 9. The molecule has 0 unspecified atom stereocenters. The van der Waals surface area contributed by atoms with Crippen molar-refractivity contribution in [3.8, 4) is 17.2 Å². The van der Waals surface area contributed by atoms with E-state index in [4.69, 9.17) is 31.5 Å². The van der Waals surface area contributed by atoms with Crippen molar-refractivity contribution < 1.29 is 19.0 Å². The average Bonchev–Trinajstić information content (AvgIpc) is 3.21. The highest BCUT2D eigenvalue weighted by Gasteiger charge is 2.13. The molecule has 0 fully saturated rings. The van der Waals surface area contributed by atoms with Crippen molar-refractivity contribution in [3.05, 3.63) is 57.1 Å². The summed E-state index contributed by atoms with van der Waals surface area (Å²) in [4.78, 5) is 12.0. The minimum atomic E-state index is -0.343. The van der Waals surface area contributed by atoms with Crippen molar-refractivity contribution in [1.29, 1.82) is 0 Å². The highest BCUT2D eigenvalue weighted by atomic mass is 35.5. The fourth-order valence-electron chi connectivity index (χ4n) is 3.19. The number of nitrogens with zero attached hydrogens (tertiary/aromatic N) is 3. The van der Waals surface area contributed by atoms with Crippen molar-refractivity contribution >= 4 is 40.2 Å². The van der Waals surface area contributed by atoms with Crippen LogP contribution in [0.5, 0.6) is 17.2 Å². The number of rotatable bonds is 11. The molecule has 11 heteroatoms. The van der Waals surface area contributed by atoms with Crippen LogP contribution in [-0.2, 0) is 11.2 Å². The number of aryl methyl sites for hydroxylation is 1. The second-order valence-electron chi connectivity index (χ2n) is 7.93. The van der Waals surface area contributed by atoms with Gasteiger partial charge in [-0.2, -0.15) is 5.10 Å². The number of hydrazone groups is 1. The normalized spacial score (nSPS) is 11.1. The van der Waals surface area contributed by atoms with Gasteiger partial charge in [0.25, 0.3) is 0 Å². The molecule has 3 N–H and O–H groups in total. The largest absolute Gasteiger partial charge is 0.493 e. The molecule has 0 aliphatic carbocycles. The van der Waals surface area contributed by atoms with Gasteiger partial charge in [-0.15, -0.1) is 10.2 Å². The predicted octanol–water partition coefficient (Wildman–Crippen LogP) is 4.36. The average molecular weight is 518 g/mol. The predicted molar refractivity (Wildman–Crippen MR) is 138 cm³/mol. The summed E-state index contributed by atoms with van der Waals surface area (Å²) in [6, 6.07) is 9.57. The number of nitrogen functional groups attached to an aromatic ring is 1. The van der Waals surface area contributed by atoms with Crippen LogP contribution in [0.2, 0.25) is 5.02 Å². The van der Waals surface area contributed by atoms with E-state index in [-0.39, 0.29) is 18.9 Å². The van der Waals surface area contributed by atoms with E-state index in [1.807, 2.05) is 13.0 Å². The van der Waals surface area contributed by atoms with Gasteiger partial charge in [0.1, 0.15) is 24.0 Å². The first-order valence-electron chi connectivity index (χ1n) is 10.9. The molecule has 35 heavy (non-hydrogen) atoms. The van der Waals surface area contributed by atoms with E-state index in [1.54, 1.807) is 12.1 Å². The van der Waals surface area contributed by atoms with Crippen LogP contribution in [-0.4, -0.2) is 42.6 Å². The third-order valence-corrected chi connectivity index (χ3v) is 5.86. The summed E-state index contributed by atoms with van der Waals surface area (Å²) >= 11 is 7.58. The first-order valence-corrected chi connectivity index (χ1v) is 12.1. The van der Waals surface area contributed by atoms with Gasteiger partial charge in [0.05, 0.1) is 24.8 Å². The molecular weight excluding hydrogens is 490 g/mol. The number of carbonyl (C=O) groups is 1. The number of hydrogen-bond donors (Lipinski definition) is 2. The Morgan fingerprint density at radius 2 is 1.97 bits per heavy atom. The summed E-state index contributed by atoms with van der Waals surface area (Å²) in [5.74, 6) is 1.70. The number of carbonyl (C=O) groups excluding carboxylic acids is 1. The highest BCUT2D eigenvalue weighted by Crippen LogP contribution is 2.36. The minimum absolute atomic E-state index is 0.0341. The van der Waals surface area contributed by atoms with Gasteiger partial charge in [0.15, 0.2) is 11.5 Å². The highest BCUT2D eigenvalue weighted by molar-refractivity contribution is 7.15. The Bertz CT molecular complexity index is 1200. The lowest BCUT2D eigenvalue weighted by Gasteiger charge is -2.16. The molecule has 3 rings (SSSR count). The van der Waals surface area contributed by atoms with E-state index in [0.717, 1.165) is 28.2 Å². The van der Waals surface area contributed by atoms with Crippen molar-refractivity contribution in [2.24, 2.45) is 5.10 Å². The number of methoxy groups -OCH3 is 1. The first-order chi connectivity index (χ1) is 16.8. The summed E-state index contributed by atoms with van der Waals surface area (Å²) in [5, 5.41) is 12.6. The molecule has 0 aliphatic heterocycles. The number of benzene rings is 2. The summed E-state index contributed by atoms with van der Waals surface area (Å²) in [6.45, 7) is 6.91. The second-order valence-corrected chi connectivity index (χ2v) is 9.43.